The molecule has 0 aromatic carbocycles. The fraction of sp³-hybridized carbons (Fsp3) is 0.111. The van der Waals surface area contributed by atoms with E-state index in [0.29, 0.717) is 11.4 Å². The Balaban J connectivity index is 2.24. The number of nitrogens with zero attached hydrogens (tertiary/aromatic N) is 2. The van der Waals surface area contributed by atoms with Crippen molar-refractivity contribution in [3.05, 3.63) is 47.0 Å². The molecule has 0 amide bonds. The summed E-state index contributed by atoms with van der Waals surface area (Å²) in [6.07, 6.45) is 4.14. The zero-order chi connectivity index (χ0) is 9.10. The van der Waals surface area contributed by atoms with Crippen molar-refractivity contribution in [2.45, 2.75) is 6.42 Å². The first-order valence-corrected chi connectivity index (χ1v) is 4.32. The molecule has 2 rings (SSSR count). The second-order valence-electron chi connectivity index (χ2n) is 2.69. The topological polar surface area (TPSA) is 41.6 Å². The third kappa shape index (κ3) is 1.87. The van der Waals surface area contributed by atoms with Gasteiger partial charge in [-0.25, -0.2) is 0 Å². The summed E-state index contributed by atoms with van der Waals surface area (Å²) in [7, 11) is 0. The quantitative estimate of drug-likeness (QED) is 0.793. The number of aromatic amines is 1. The molecule has 0 saturated heterocycles. The Morgan fingerprint density at radius 2 is 2.23 bits per heavy atom. The summed E-state index contributed by atoms with van der Waals surface area (Å²) in [5.74, 6) is 0. The second-order valence-corrected chi connectivity index (χ2v) is 3.10. The maximum absolute atomic E-state index is 5.94. The van der Waals surface area contributed by atoms with Gasteiger partial charge in [0.2, 0.25) is 0 Å². The zero-order valence-electron chi connectivity index (χ0n) is 6.87. The Hall–Kier alpha value is -1.35. The van der Waals surface area contributed by atoms with Gasteiger partial charge in [-0.1, -0.05) is 11.6 Å². The van der Waals surface area contributed by atoms with Gasteiger partial charge in [-0.2, -0.15) is 5.10 Å². The van der Waals surface area contributed by atoms with Gasteiger partial charge in [0.05, 0.1) is 10.7 Å². The van der Waals surface area contributed by atoms with Crippen LogP contribution in [0.25, 0.3) is 0 Å². The van der Waals surface area contributed by atoms with Gasteiger partial charge >= 0.3 is 0 Å². The van der Waals surface area contributed by atoms with E-state index in [1.54, 1.807) is 12.4 Å². The van der Waals surface area contributed by atoms with Crippen LogP contribution in [0.5, 0.6) is 0 Å². The SMILES string of the molecule is Clc1cccnc1Cc1ccn[nH]1. The lowest BCUT2D eigenvalue weighted by Gasteiger charge is -1.99. The molecule has 0 saturated carbocycles. The number of hydrogen-bond acceptors (Lipinski definition) is 2. The summed E-state index contributed by atoms with van der Waals surface area (Å²) in [4.78, 5) is 4.17. The standard InChI is InChI=1S/C9H8ClN3/c10-8-2-1-4-11-9(8)6-7-3-5-12-13-7/h1-5H,6H2,(H,12,13). The summed E-state index contributed by atoms with van der Waals surface area (Å²) in [6.45, 7) is 0. The zero-order valence-corrected chi connectivity index (χ0v) is 7.62. The van der Waals surface area contributed by atoms with Crippen LogP contribution < -0.4 is 0 Å². The summed E-state index contributed by atoms with van der Waals surface area (Å²) >= 11 is 5.94. The number of aromatic nitrogens is 3. The molecule has 0 aliphatic heterocycles. The minimum atomic E-state index is 0.692. The highest BCUT2D eigenvalue weighted by Gasteiger charge is 2.02. The minimum absolute atomic E-state index is 0.692. The normalized spacial score (nSPS) is 10.2. The summed E-state index contributed by atoms with van der Waals surface area (Å²) in [5.41, 5.74) is 1.88. The van der Waals surface area contributed by atoms with Gasteiger partial charge < -0.3 is 0 Å². The van der Waals surface area contributed by atoms with Gasteiger partial charge in [0.1, 0.15) is 0 Å². The maximum atomic E-state index is 5.94. The fourth-order valence-corrected chi connectivity index (χ4v) is 1.30. The van der Waals surface area contributed by atoms with E-state index in [9.17, 15) is 0 Å². The molecule has 4 heteroatoms. The molecular formula is C9H8ClN3. The third-order valence-corrected chi connectivity index (χ3v) is 2.10. The smallest absolute Gasteiger partial charge is 0.0648 e. The molecule has 0 unspecified atom stereocenters. The fourth-order valence-electron chi connectivity index (χ4n) is 1.11. The van der Waals surface area contributed by atoms with Gasteiger partial charge in [0, 0.05) is 24.5 Å². The molecule has 0 aliphatic carbocycles. The van der Waals surface area contributed by atoms with Crippen LogP contribution in [-0.2, 0) is 6.42 Å². The molecule has 3 nitrogen and oxygen atoms in total. The Morgan fingerprint density at radius 1 is 1.31 bits per heavy atom. The van der Waals surface area contributed by atoms with E-state index in [4.69, 9.17) is 11.6 Å². The minimum Gasteiger partial charge on any atom is -0.282 e. The highest BCUT2D eigenvalue weighted by molar-refractivity contribution is 6.31. The van der Waals surface area contributed by atoms with Gasteiger partial charge in [0.25, 0.3) is 0 Å². The molecule has 0 aliphatic rings. The predicted octanol–water partition coefficient (Wildman–Crippen LogP) is 2.05. The Bertz CT molecular complexity index is 384. The van der Waals surface area contributed by atoms with Crippen molar-refractivity contribution in [1.29, 1.82) is 0 Å². The first-order chi connectivity index (χ1) is 6.36. The Labute approximate surface area is 80.8 Å². The summed E-state index contributed by atoms with van der Waals surface area (Å²) in [5, 5.41) is 7.41. The number of pyridine rings is 1. The van der Waals surface area contributed by atoms with Gasteiger partial charge in [-0.15, -0.1) is 0 Å². The molecule has 0 bridgehead atoms. The van der Waals surface area contributed by atoms with Crippen LogP contribution in [0.1, 0.15) is 11.4 Å². The average Bonchev–Trinajstić information content (AvgIpc) is 2.61. The molecule has 1 N–H and O–H groups in total. The van der Waals surface area contributed by atoms with Gasteiger partial charge in [-0.3, -0.25) is 10.1 Å². The Morgan fingerprint density at radius 3 is 2.92 bits per heavy atom. The van der Waals surface area contributed by atoms with Crippen LogP contribution in [-0.4, -0.2) is 15.2 Å². The number of halogens is 1. The van der Waals surface area contributed by atoms with E-state index in [2.05, 4.69) is 15.2 Å². The molecule has 13 heavy (non-hydrogen) atoms. The largest absolute Gasteiger partial charge is 0.282 e. The van der Waals surface area contributed by atoms with E-state index in [1.807, 2.05) is 18.2 Å². The number of nitrogens with one attached hydrogen (secondary N) is 1. The van der Waals surface area contributed by atoms with Crippen LogP contribution in [0, 0.1) is 0 Å². The van der Waals surface area contributed by atoms with E-state index >= 15 is 0 Å². The summed E-state index contributed by atoms with van der Waals surface area (Å²) in [6, 6.07) is 5.56. The molecule has 0 fully saturated rings. The monoisotopic (exact) mass is 193 g/mol. The van der Waals surface area contributed by atoms with Crippen LogP contribution in [0.2, 0.25) is 5.02 Å². The van der Waals surface area contributed by atoms with Crippen molar-refractivity contribution in [3.8, 4) is 0 Å². The van der Waals surface area contributed by atoms with Crippen molar-refractivity contribution < 1.29 is 0 Å². The molecule has 2 aromatic heterocycles. The van der Waals surface area contributed by atoms with Gasteiger partial charge in [-0.05, 0) is 18.2 Å². The summed E-state index contributed by atoms with van der Waals surface area (Å²) < 4.78 is 0. The van der Waals surface area contributed by atoms with E-state index in [0.717, 1.165) is 11.4 Å². The number of rotatable bonds is 2. The van der Waals surface area contributed by atoms with Crippen LogP contribution in [0.3, 0.4) is 0 Å². The second kappa shape index (κ2) is 3.58. The average molecular weight is 194 g/mol. The molecule has 2 heterocycles. The van der Waals surface area contributed by atoms with E-state index < -0.39 is 0 Å². The highest BCUT2D eigenvalue weighted by atomic mass is 35.5. The lowest BCUT2D eigenvalue weighted by Crippen LogP contribution is -1.92. The predicted molar refractivity (Wildman–Crippen MR) is 50.6 cm³/mol. The van der Waals surface area contributed by atoms with Crippen LogP contribution in [0.15, 0.2) is 30.6 Å². The molecule has 0 atom stereocenters. The highest BCUT2D eigenvalue weighted by Crippen LogP contribution is 2.14. The molecule has 2 aromatic rings. The van der Waals surface area contributed by atoms with Crippen molar-refractivity contribution in [1.82, 2.24) is 15.2 Å². The molecule has 0 spiro atoms. The van der Waals surface area contributed by atoms with Gasteiger partial charge in [0.15, 0.2) is 0 Å². The van der Waals surface area contributed by atoms with Crippen LogP contribution >= 0.6 is 11.6 Å². The third-order valence-electron chi connectivity index (χ3n) is 1.75. The first kappa shape index (κ1) is 8.26. The van der Waals surface area contributed by atoms with Crippen molar-refractivity contribution in [2.75, 3.05) is 0 Å². The van der Waals surface area contributed by atoms with Crippen LogP contribution in [0.4, 0.5) is 0 Å². The molecule has 0 radical (unpaired) electrons. The lowest BCUT2D eigenvalue weighted by molar-refractivity contribution is 0.967. The van der Waals surface area contributed by atoms with E-state index in [1.165, 1.54) is 0 Å². The first-order valence-electron chi connectivity index (χ1n) is 3.94. The Kier molecular flexibility index (Phi) is 2.27. The van der Waals surface area contributed by atoms with Crippen molar-refractivity contribution in [2.24, 2.45) is 0 Å². The number of H-pyrrole nitrogens is 1. The molecular weight excluding hydrogens is 186 g/mol. The van der Waals surface area contributed by atoms with Crippen molar-refractivity contribution in [3.63, 3.8) is 0 Å². The molecule has 66 valence electrons. The van der Waals surface area contributed by atoms with E-state index in [-0.39, 0.29) is 0 Å². The number of hydrogen-bond donors (Lipinski definition) is 1. The lowest BCUT2D eigenvalue weighted by atomic mass is 10.2. The maximum Gasteiger partial charge on any atom is 0.0648 e. The van der Waals surface area contributed by atoms with Crippen molar-refractivity contribution >= 4 is 11.6 Å².